The third kappa shape index (κ3) is 3.66. The number of carbonyl (C=O) groups excluding carboxylic acids is 2. The van der Waals surface area contributed by atoms with E-state index in [0.717, 1.165) is 10.7 Å². The number of hydrogen-bond acceptors (Lipinski definition) is 7. The van der Waals surface area contributed by atoms with Gasteiger partial charge in [0, 0.05) is 6.54 Å². The molecule has 118 valence electrons. The van der Waals surface area contributed by atoms with Crippen molar-refractivity contribution in [1.82, 2.24) is 20.1 Å². The zero-order chi connectivity index (χ0) is 16.1. The summed E-state index contributed by atoms with van der Waals surface area (Å²) in [5, 5.41) is 12.6. The number of thiophene rings is 1. The molecule has 7 nitrogen and oxygen atoms in total. The molecule has 0 aromatic carbocycles. The molecule has 0 aliphatic rings. The summed E-state index contributed by atoms with van der Waals surface area (Å²) in [7, 11) is 1.21. The van der Waals surface area contributed by atoms with Gasteiger partial charge in [0.2, 0.25) is 5.91 Å². The fourth-order valence-corrected chi connectivity index (χ4v) is 3.34. The quantitative estimate of drug-likeness (QED) is 0.841. The molecule has 0 fully saturated rings. The van der Waals surface area contributed by atoms with Crippen molar-refractivity contribution in [3.63, 3.8) is 0 Å². The van der Waals surface area contributed by atoms with Crippen LogP contribution < -0.4 is 5.32 Å². The molecule has 2 aromatic heterocycles. The van der Waals surface area contributed by atoms with Crippen molar-refractivity contribution in [3.8, 4) is 10.7 Å². The summed E-state index contributed by atoms with van der Waals surface area (Å²) in [6, 6.07) is 3.93. The summed E-state index contributed by atoms with van der Waals surface area (Å²) in [5.41, 5.74) is 0. The fraction of sp³-hybridized carbons (Fsp3) is 0.385. The molecule has 0 bridgehead atoms. The molecular formula is C13H16N4O3S2. The maximum Gasteiger partial charge on any atom is 0.413 e. The molecule has 1 atom stereocenters. The van der Waals surface area contributed by atoms with E-state index in [-0.39, 0.29) is 0 Å². The summed E-state index contributed by atoms with van der Waals surface area (Å²) in [4.78, 5) is 24.0. The lowest BCUT2D eigenvalue weighted by Crippen LogP contribution is -2.36. The first kappa shape index (κ1) is 16.5. The molecule has 2 rings (SSSR count). The minimum atomic E-state index is -0.770. The molecule has 0 aliphatic heterocycles. The summed E-state index contributed by atoms with van der Waals surface area (Å²) in [6.07, 6.45) is -0.770. The second kappa shape index (κ2) is 7.41. The second-order valence-electron chi connectivity index (χ2n) is 4.27. The van der Waals surface area contributed by atoms with Crippen LogP contribution in [0.1, 0.15) is 13.8 Å². The van der Waals surface area contributed by atoms with E-state index in [1.54, 1.807) is 18.3 Å². The van der Waals surface area contributed by atoms with E-state index in [1.165, 1.54) is 18.9 Å². The van der Waals surface area contributed by atoms with Crippen LogP contribution in [0.5, 0.6) is 0 Å². The highest BCUT2D eigenvalue weighted by Gasteiger charge is 2.22. The zero-order valence-corrected chi connectivity index (χ0v) is 14.0. The van der Waals surface area contributed by atoms with Gasteiger partial charge in [-0.25, -0.2) is 4.79 Å². The van der Waals surface area contributed by atoms with Gasteiger partial charge in [0.15, 0.2) is 11.0 Å². The summed E-state index contributed by atoms with van der Waals surface area (Å²) in [5.74, 6) is 0.348. The third-order valence-corrected chi connectivity index (χ3v) is 4.78. The Morgan fingerprint density at radius 1 is 1.50 bits per heavy atom. The van der Waals surface area contributed by atoms with Crippen molar-refractivity contribution >= 4 is 35.1 Å². The highest BCUT2D eigenvalue weighted by Crippen LogP contribution is 2.28. The number of aromatic nitrogens is 3. The maximum atomic E-state index is 11.9. The number of carbonyl (C=O) groups is 2. The van der Waals surface area contributed by atoms with Gasteiger partial charge in [-0.2, -0.15) is 0 Å². The number of rotatable bonds is 5. The number of nitrogens with zero attached hydrogens (tertiary/aromatic N) is 3. The van der Waals surface area contributed by atoms with Crippen molar-refractivity contribution in [2.75, 3.05) is 7.11 Å². The van der Waals surface area contributed by atoms with Crippen LogP contribution in [0, 0.1) is 0 Å². The molecule has 0 unspecified atom stereocenters. The van der Waals surface area contributed by atoms with Gasteiger partial charge in [-0.15, -0.1) is 21.5 Å². The third-order valence-electron chi connectivity index (χ3n) is 2.84. The van der Waals surface area contributed by atoms with E-state index in [1.807, 2.05) is 29.0 Å². The molecular weight excluding hydrogens is 324 g/mol. The van der Waals surface area contributed by atoms with Crippen LogP contribution in [0.15, 0.2) is 22.7 Å². The summed E-state index contributed by atoms with van der Waals surface area (Å²) >= 11 is 2.83. The van der Waals surface area contributed by atoms with Crippen LogP contribution in [0.4, 0.5) is 4.79 Å². The number of methoxy groups -OCH3 is 1. The first-order chi connectivity index (χ1) is 10.6. The Morgan fingerprint density at radius 2 is 2.27 bits per heavy atom. The largest absolute Gasteiger partial charge is 0.453 e. The van der Waals surface area contributed by atoms with Crippen LogP contribution >= 0.6 is 23.1 Å². The topological polar surface area (TPSA) is 86.1 Å². The number of nitrogens with one attached hydrogen (secondary N) is 1. The molecule has 9 heteroatoms. The molecule has 2 aromatic rings. The Morgan fingerprint density at radius 3 is 2.86 bits per heavy atom. The smallest absolute Gasteiger partial charge is 0.413 e. The van der Waals surface area contributed by atoms with Crippen LogP contribution in [0.3, 0.4) is 0 Å². The molecule has 2 amide bonds. The lowest BCUT2D eigenvalue weighted by atomic mass is 10.4. The average molecular weight is 340 g/mol. The standard InChI is InChI=1S/C13H16N4O3S2/c1-4-17-10(9-6-5-7-21-9)15-16-12(17)22-8(2)11(18)14-13(19)20-3/h5-8H,4H2,1-3H3,(H,14,18,19)/t8-/m1/s1. The number of alkyl carbamates (subject to hydrolysis) is 1. The van der Waals surface area contributed by atoms with Crippen molar-refractivity contribution in [2.24, 2.45) is 0 Å². The van der Waals surface area contributed by atoms with E-state index < -0.39 is 17.3 Å². The Bertz CT molecular complexity index is 654. The molecule has 0 saturated carbocycles. The Kier molecular flexibility index (Phi) is 5.56. The van der Waals surface area contributed by atoms with Gasteiger partial charge in [0.1, 0.15) is 0 Å². The van der Waals surface area contributed by atoms with E-state index in [2.05, 4.69) is 20.3 Å². The van der Waals surface area contributed by atoms with Gasteiger partial charge >= 0.3 is 6.09 Å². The fourth-order valence-electron chi connectivity index (χ4n) is 1.71. The van der Waals surface area contributed by atoms with E-state index in [0.29, 0.717) is 11.7 Å². The van der Waals surface area contributed by atoms with Crippen LogP contribution in [-0.2, 0) is 16.1 Å². The Labute approximate surface area is 136 Å². The zero-order valence-electron chi connectivity index (χ0n) is 12.4. The van der Waals surface area contributed by atoms with Crippen molar-refractivity contribution in [3.05, 3.63) is 17.5 Å². The number of thioether (sulfide) groups is 1. The average Bonchev–Trinajstić information content (AvgIpc) is 3.15. The van der Waals surface area contributed by atoms with Gasteiger partial charge < -0.3 is 9.30 Å². The minimum Gasteiger partial charge on any atom is -0.453 e. The maximum absolute atomic E-state index is 11.9. The Hall–Kier alpha value is -1.87. The second-order valence-corrected chi connectivity index (χ2v) is 6.52. The van der Waals surface area contributed by atoms with Crippen LogP contribution in [0.2, 0.25) is 0 Å². The monoisotopic (exact) mass is 340 g/mol. The van der Waals surface area contributed by atoms with Gasteiger partial charge in [-0.05, 0) is 25.3 Å². The molecule has 0 radical (unpaired) electrons. The number of hydrogen-bond donors (Lipinski definition) is 1. The lowest BCUT2D eigenvalue weighted by Gasteiger charge is -2.11. The minimum absolute atomic E-state index is 0.430. The van der Waals surface area contributed by atoms with Crippen molar-refractivity contribution < 1.29 is 14.3 Å². The first-order valence-corrected chi connectivity index (χ1v) is 8.35. The SMILES string of the molecule is CCn1c(S[C@H](C)C(=O)NC(=O)OC)nnc1-c1cccs1. The molecule has 0 saturated heterocycles. The predicted molar refractivity (Wildman–Crippen MR) is 84.9 cm³/mol. The first-order valence-electron chi connectivity index (χ1n) is 6.59. The number of ether oxygens (including phenoxy) is 1. The normalized spacial score (nSPS) is 12.0. The summed E-state index contributed by atoms with van der Waals surface area (Å²) in [6.45, 7) is 4.38. The molecule has 1 N–H and O–H groups in total. The number of imide groups is 1. The molecule has 22 heavy (non-hydrogen) atoms. The number of amides is 2. The lowest BCUT2D eigenvalue weighted by molar-refractivity contribution is -0.119. The van der Waals surface area contributed by atoms with E-state index in [4.69, 9.17) is 0 Å². The van der Waals surface area contributed by atoms with E-state index in [9.17, 15) is 9.59 Å². The predicted octanol–water partition coefficient (Wildman–Crippen LogP) is 2.39. The molecule has 0 aliphatic carbocycles. The van der Waals surface area contributed by atoms with Gasteiger partial charge in [-0.3, -0.25) is 10.1 Å². The van der Waals surface area contributed by atoms with E-state index >= 15 is 0 Å². The van der Waals surface area contributed by atoms with Gasteiger partial charge in [0.05, 0.1) is 17.2 Å². The molecule has 2 heterocycles. The van der Waals surface area contributed by atoms with Crippen molar-refractivity contribution in [1.29, 1.82) is 0 Å². The van der Waals surface area contributed by atoms with Crippen molar-refractivity contribution in [2.45, 2.75) is 30.8 Å². The van der Waals surface area contributed by atoms with Gasteiger partial charge in [0.25, 0.3) is 0 Å². The highest BCUT2D eigenvalue weighted by molar-refractivity contribution is 8.00. The Balaban J connectivity index is 2.13. The van der Waals surface area contributed by atoms with Crippen LogP contribution in [-0.4, -0.2) is 39.1 Å². The van der Waals surface area contributed by atoms with Crippen LogP contribution in [0.25, 0.3) is 10.7 Å². The molecule has 0 spiro atoms. The highest BCUT2D eigenvalue weighted by atomic mass is 32.2. The summed E-state index contributed by atoms with van der Waals surface area (Å²) < 4.78 is 6.35. The van der Waals surface area contributed by atoms with Gasteiger partial charge in [-0.1, -0.05) is 17.8 Å².